The first-order valence-corrected chi connectivity index (χ1v) is 13.1. The van der Waals surface area contributed by atoms with Gasteiger partial charge < -0.3 is 4.42 Å². The summed E-state index contributed by atoms with van der Waals surface area (Å²) in [6.45, 7) is 3.54. The summed E-state index contributed by atoms with van der Waals surface area (Å²) in [5, 5.41) is 11.9. The Morgan fingerprint density at radius 1 is 0.972 bits per heavy atom. The maximum atomic E-state index is 14.0. The fourth-order valence-corrected chi connectivity index (χ4v) is 6.39. The number of nitrogens with zero attached hydrogens (tertiary/aromatic N) is 2. The monoisotopic (exact) mass is 504 g/mol. The largest absolute Gasteiger partial charge is 0.461 e. The van der Waals surface area contributed by atoms with Gasteiger partial charge in [-0.3, -0.25) is 14.9 Å². The molecule has 8 nitrogen and oxygen atoms in total. The molecule has 0 N–H and O–H groups in total. The SMILES string of the molecule is Cc1ccc(S(=O)(=O)N(C(=O)c2ccc([N+](=O)[O-])cc2)c2ccc3oc4c(c3c2)CCCC4)c(C)c1. The molecule has 0 unspecified atom stereocenters. The van der Waals surface area contributed by atoms with Crippen LogP contribution >= 0.6 is 0 Å². The molecule has 0 saturated carbocycles. The summed E-state index contributed by atoms with van der Waals surface area (Å²) < 4.78 is 34.8. The summed E-state index contributed by atoms with van der Waals surface area (Å²) in [6, 6.07) is 14.8. The number of nitro groups is 1. The molecule has 0 bridgehead atoms. The van der Waals surface area contributed by atoms with Gasteiger partial charge in [0.05, 0.1) is 15.5 Å². The van der Waals surface area contributed by atoms with Gasteiger partial charge in [0.2, 0.25) is 0 Å². The number of carbonyl (C=O) groups excluding carboxylic acids is 1. The summed E-state index contributed by atoms with van der Waals surface area (Å²) >= 11 is 0. The van der Waals surface area contributed by atoms with E-state index in [1.54, 1.807) is 37.3 Å². The van der Waals surface area contributed by atoms with Gasteiger partial charge in [-0.1, -0.05) is 17.7 Å². The zero-order chi connectivity index (χ0) is 25.6. The average molecular weight is 505 g/mol. The van der Waals surface area contributed by atoms with Gasteiger partial charge in [0.25, 0.3) is 21.6 Å². The van der Waals surface area contributed by atoms with E-state index in [4.69, 9.17) is 4.42 Å². The van der Waals surface area contributed by atoms with E-state index < -0.39 is 20.9 Å². The van der Waals surface area contributed by atoms with Gasteiger partial charge in [0.15, 0.2) is 0 Å². The molecular weight excluding hydrogens is 480 g/mol. The van der Waals surface area contributed by atoms with Gasteiger partial charge in [-0.2, -0.15) is 4.31 Å². The fraction of sp³-hybridized carbons (Fsp3) is 0.222. The predicted molar refractivity (Wildman–Crippen MR) is 136 cm³/mol. The molecule has 0 aliphatic heterocycles. The van der Waals surface area contributed by atoms with Crippen molar-refractivity contribution in [2.75, 3.05) is 4.31 Å². The molecule has 1 aliphatic carbocycles. The third-order valence-electron chi connectivity index (χ3n) is 6.53. The first-order chi connectivity index (χ1) is 17.2. The van der Waals surface area contributed by atoms with Crippen molar-refractivity contribution in [1.29, 1.82) is 0 Å². The van der Waals surface area contributed by atoms with Gasteiger partial charge in [-0.05, 0) is 75.1 Å². The number of benzene rings is 3. The van der Waals surface area contributed by atoms with E-state index in [-0.39, 0.29) is 21.8 Å². The number of furan rings is 1. The Kier molecular flexibility index (Phi) is 5.88. The normalized spacial score (nSPS) is 13.4. The number of non-ortho nitro benzene ring substituents is 1. The molecule has 0 spiro atoms. The smallest absolute Gasteiger partial charge is 0.272 e. The van der Waals surface area contributed by atoms with Crippen molar-refractivity contribution in [1.82, 2.24) is 0 Å². The Balaban J connectivity index is 1.69. The predicted octanol–water partition coefficient (Wildman–Crippen LogP) is 5.87. The van der Waals surface area contributed by atoms with E-state index in [1.807, 2.05) is 6.92 Å². The van der Waals surface area contributed by atoms with E-state index in [2.05, 4.69) is 0 Å². The second-order valence-electron chi connectivity index (χ2n) is 9.04. The first kappa shape index (κ1) is 23.7. The Morgan fingerprint density at radius 3 is 2.39 bits per heavy atom. The number of carbonyl (C=O) groups is 1. The highest BCUT2D eigenvalue weighted by Crippen LogP contribution is 2.36. The summed E-state index contributed by atoms with van der Waals surface area (Å²) in [4.78, 5) is 24.2. The van der Waals surface area contributed by atoms with Crippen LogP contribution in [-0.4, -0.2) is 19.2 Å². The minimum Gasteiger partial charge on any atom is -0.461 e. The van der Waals surface area contributed by atoms with E-state index >= 15 is 0 Å². The van der Waals surface area contributed by atoms with Crippen LogP contribution < -0.4 is 4.31 Å². The van der Waals surface area contributed by atoms with Crippen LogP contribution in [0.5, 0.6) is 0 Å². The Bertz CT molecular complexity index is 1620. The van der Waals surface area contributed by atoms with E-state index in [0.29, 0.717) is 11.1 Å². The molecule has 3 aromatic carbocycles. The molecule has 1 aromatic heterocycles. The molecule has 0 atom stereocenters. The lowest BCUT2D eigenvalue weighted by Crippen LogP contribution is -2.37. The molecule has 5 rings (SSSR count). The maximum absolute atomic E-state index is 14.0. The quantitative estimate of drug-likeness (QED) is 0.248. The average Bonchev–Trinajstić information content (AvgIpc) is 3.22. The zero-order valence-corrected chi connectivity index (χ0v) is 20.7. The number of sulfonamides is 1. The van der Waals surface area contributed by atoms with E-state index in [1.165, 1.54) is 30.3 Å². The van der Waals surface area contributed by atoms with Crippen LogP contribution in [0.25, 0.3) is 11.0 Å². The van der Waals surface area contributed by atoms with Gasteiger partial charge in [0.1, 0.15) is 11.3 Å². The van der Waals surface area contributed by atoms with Gasteiger partial charge in [0, 0.05) is 35.1 Å². The molecule has 0 fully saturated rings. The van der Waals surface area contributed by atoms with Crippen molar-refractivity contribution in [3.05, 3.63) is 98.8 Å². The van der Waals surface area contributed by atoms with Crippen molar-refractivity contribution in [3.8, 4) is 0 Å². The minimum atomic E-state index is -4.33. The summed E-state index contributed by atoms with van der Waals surface area (Å²) in [5.74, 6) is 0.0977. The topological polar surface area (TPSA) is 111 Å². The number of nitro benzene ring substituents is 1. The molecule has 4 aromatic rings. The van der Waals surface area contributed by atoms with Crippen molar-refractivity contribution in [2.45, 2.75) is 44.4 Å². The molecule has 184 valence electrons. The molecule has 1 aliphatic rings. The molecule has 36 heavy (non-hydrogen) atoms. The summed E-state index contributed by atoms with van der Waals surface area (Å²) in [6.07, 6.45) is 3.70. The van der Waals surface area contributed by atoms with Crippen molar-refractivity contribution < 1.29 is 22.6 Å². The van der Waals surface area contributed by atoms with Crippen LogP contribution in [0, 0.1) is 24.0 Å². The number of amides is 1. The van der Waals surface area contributed by atoms with Crippen LogP contribution in [-0.2, 0) is 22.9 Å². The van der Waals surface area contributed by atoms with Crippen LogP contribution in [0.15, 0.2) is 70.0 Å². The third kappa shape index (κ3) is 4.05. The van der Waals surface area contributed by atoms with Crippen molar-refractivity contribution in [3.63, 3.8) is 0 Å². The van der Waals surface area contributed by atoms with Crippen LogP contribution in [0.4, 0.5) is 11.4 Å². The molecule has 0 saturated heterocycles. The third-order valence-corrected chi connectivity index (χ3v) is 8.40. The molecule has 1 heterocycles. The standard InChI is InChI=1S/C27H24N2O6S/c1-17-7-14-26(18(2)15-17)36(33,34)28(27(30)19-8-10-20(11-9-19)29(31)32)21-12-13-25-23(16-21)22-5-3-4-6-24(22)35-25/h7-16H,3-6H2,1-2H3. The lowest BCUT2D eigenvalue weighted by atomic mass is 9.96. The zero-order valence-electron chi connectivity index (χ0n) is 19.9. The van der Waals surface area contributed by atoms with Gasteiger partial charge in [-0.25, -0.2) is 8.42 Å². The number of hydrogen-bond acceptors (Lipinski definition) is 6. The highest BCUT2D eigenvalue weighted by Gasteiger charge is 2.34. The Morgan fingerprint density at radius 2 is 1.69 bits per heavy atom. The summed E-state index contributed by atoms with van der Waals surface area (Å²) in [7, 11) is -4.33. The van der Waals surface area contributed by atoms with Crippen LogP contribution in [0.2, 0.25) is 0 Å². The molecule has 9 heteroatoms. The van der Waals surface area contributed by atoms with Crippen molar-refractivity contribution in [2.24, 2.45) is 0 Å². The summed E-state index contributed by atoms with van der Waals surface area (Å²) in [5.41, 5.74) is 3.11. The van der Waals surface area contributed by atoms with Crippen LogP contribution in [0.3, 0.4) is 0 Å². The highest BCUT2D eigenvalue weighted by molar-refractivity contribution is 7.93. The van der Waals surface area contributed by atoms with E-state index in [9.17, 15) is 23.3 Å². The number of rotatable bonds is 5. The lowest BCUT2D eigenvalue weighted by molar-refractivity contribution is -0.384. The second-order valence-corrected chi connectivity index (χ2v) is 10.8. The van der Waals surface area contributed by atoms with Gasteiger partial charge >= 0.3 is 0 Å². The number of fused-ring (bicyclic) bond motifs is 3. The van der Waals surface area contributed by atoms with Crippen LogP contribution in [0.1, 0.15) is 45.7 Å². The highest BCUT2D eigenvalue weighted by atomic mass is 32.2. The number of hydrogen-bond donors (Lipinski definition) is 0. The fourth-order valence-electron chi connectivity index (χ4n) is 4.77. The first-order valence-electron chi connectivity index (χ1n) is 11.6. The molecule has 1 amide bonds. The molecular formula is C27H24N2O6S. The second kappa shape index (κ2) is 8.91. The number of anilines is 1. The Hall–Kier alpha value is -3.98. The Labute approximate surface area is 208 Å². The maximum Gasteiger partial charge on any atom is 0.272 e. The minimum absolute atomic E-state index is 0.0117. The molecule has 0 radical (unpaired) electrons. The van der Waals surface area contributed by atoms with E-state index in [0.717, 1.165) is 52.3 Å². The lowest BCUT2D eigenvalue weighted by Gasteiger charge is -2.24. The number of aryl methyl sites for hydroxylation is 4. The van der Waals surface area contributed by atoms with Crippen molar-refractivity contribution >= 4 is 38.3 Å². The van der Waals surface area contributed by atoms with Gasteiger partial charge in [-0.15, -0.1) is 0 Å².